The fourth-order valence-electron chi connectivity index (χ4n) is 4.69. The first-order chi connectivity index (χ1) is 17.3. The third-order valence-corrected chi connectivity index (χ3v) is 6.80. The number of imide groups is 1. The largest absolute Gasteiger partial charge is 0.469 e. The molecule has 3 N–H and O–H groups in total. The Labute approximate surface area is 210 Å². The Morgan fingerprint density at radius 3 is 2.42 bits per heavy atom. The van der Waals surface area contributed by atoms with Crippen LogP contribution in [-0.4, -0.2) is 47.2 Å². The van der Waals surface area contributed by atoms with Gasteiger partial charge in [0.15, 0.2) is 0 Å². The molecule has 3 aromatic rings. The van der Waals surface area contributed by atoms with Crippen LogP contribution in [-0.2, 0) is 26.4 Å². The second-order valence-electron chi connectivity index (χ2n) is 9.11. The smallest absolute Gasteiger partial charge is 0.328 e. The summed E-state index contributed by atoms with van der Waals surface area (Å²) in [5.41, 5.74) is 6.64. The summed E-state index contributed by atoms with van der Waals surface area (Å²) in [7, 11) is 1.35. The van der Waals surface area contributed by atoms with Crippen LogP contribution in [0.15, 0.2) is 66.7 Å². The van der Waals surface area contributed by atoms with Crippen LogP contribution in [0, 0.1) is 5.41 Å². The highest BCUT2D eigenvalue weighted by atomic mass is 16.5. The standard InChI is InChI=1S/C28H30N4O4/c1-28(23-8-4-3-5-9-23)26(34)31(27(35)32(28)15-7-6-10-24(33)36-2)18-19-11-12-20-13-14-21(25(29)30)17-22(20)16-19/h3-5,8-9,11-14,16-17H,6-7,10,15,18H2,1-2H3,(H3,29,30). The average Bonchev–Trinajstić information content (AvgIpc) is 3.07. The number of nitrogens with one attached hydrogen (secondary N) is 1. The molecule has 1 aliphatic rings. The fraction of sp³-hybridized carbons (Fsp3) is 0.286. The molecular formula is C28H30N4O4. The lowest BCUT2D eigenvalue weighted by atomic mass is 9.90. The van der Waals surface area contributed by atoms with Crippen LogP contribution < -0.4 is 5.73 Å². The quantitative estimate of drug-likeness (QED) is 0.155. The number of benzene rings is 3. The lowest BCUT2D eigenvalue weighted by molar-refractivity contribution is -0.140. The van der Waals surface area contributed by atoms with Gasteiger partial charge in [0.1, 0.15) is 11.4 Å². The SMILES string of the molecule is COC(=O)CCCCN1C(=O)N(Cc2ccc3ccc(C(=N)N)cc3c2)C(=O)C1(C)c1ccccc1. The number of unbranched alkanes of at least 4 members (excludes halogenated alkanes) is 1. The van der Waals surface area contributed by atoms with Gasteiger partial charge in [0.05, 0.1) is 13.7 Å². The number of amidine groups is 1. The van der Waals surface area contributed by atoms with Crippen molar-refractivity contribution in [2.75, 3.05) is 13.7 Å². The Morgan fingerprint density at radius 2 is 1.72 bits per heavy atom. The van der Waals surface area contributed by atoms with Crippen molar-refractivity contribution in [2.45, 2.75) is 38.3 Å². The van der Waals surface area contributed by atoms with E-state index in [1.807, 2.05) is 60.7 Å². The molecule has 1 heterocycles. The first-order valence-electron chi connectivity index (χ1n) is 11.9. The highest BCUT2D eigenvalue weighted by molar-refractivity contribution is 6.07. The molecule has 3 aromatic carbocycles. The maximum Gasteiger partial charge on any atom is 0.328 e. The van der Waals surface area contributed by atoms with Crippen LogP contribution >= 0.6 is 0 Å². The van der Waals surface area contributed by atoms with Crippen LogP contribution in [0.4, 0.5) is 4.79 Å². The zero-order chi connectivity index (χ0) is 25.9. The molecule has 1 saturated heterocycles. The molecule has 1 unspecified atom stereocenters. The van der Waals surface area contributed by atoms with Gasteiger partial charge in [-0.25, -0.2) is 4.79 Å². The van der Waals surface area contributed by atoms with Gasteiger partial charge in [-0.15, -0.1) is 0 Å². The Kier molecular flexibility index (Phi) is 7.05. The molecule has 0 bridgehead atoms. The number of nitrogens with two attached hydrogens (primary N) is 1. The number of rotatable bonds is 9. The van der Waals surface area contributed by atoms with Gasteiger partial charge in [-0.2, -0.15) is 0 Å². The minimum Gasteiger partial charge on any atom is -0.469 e. The number of hydrogen-bond donors (Lipinski definition) is 2. The summed E-state index contributed by atoms with van der Waals surface area (Å²) >= 11 is 0. The lowest BCUT2D eigenvalue weighted by Crippen LogP contribution is -2.44. The van der Waals surface area contributed by atoms with Crippen molar-refractivity contribution in [3.8, 4) is 0 Å². The van der Waals surface area contributed by atoms with E-state index in [9.17, 15) is 14.4 Å². The number of ether oxygens (including phenoxy) is 1. The van der Waals surface area contributed by atoms with E-state index in [2.05, 4.69) is 0 Å². The van der Waals surface area contributed by atoms with E-state index >= 15 is 0 Å². The number of carbonyl (C=O) groups excluding carboxylic acids is 3. The molecule has 3 amide bonds. The third-order valence-electron chi connectivity index (χ3n) is 6.80. The van der Waals surface area contributed by atoms with E-state index in [1.165, 1.54) is 12.0 Å². The second kappa shape index (κ2) is 10.2. The molecule has 1 atom stereocenters. The van der Waals surface area contributed by atoms with Gasteiger partial charge in [0.2, 0.25) is 0 Å². The van der Waals surface area contributed by atoms with Crippen molar-refractivity contribution in [3.63, 3.8) is 0 Å². The molecule has 186 valence electrons. The first-order valence-corrected chi connectivity index (χ1v) is 11.9. The molecular weight excluding hydrogens is 456 g/mol. The maximum absolute atomic E-state index is 13.8. The molecule has 8 nitrogen and oxygen atoms in total. The van der Waals surface area contributed by atoms with Crippen molar-refractivity contribution < 1.29 is 19.1 Å². The highest BCUT2D eigenvalue weighted by Crippen LogP contribution is 2.38. The zero-order valence-corrected chi connectivity index (χ0v) is 20.5. The van der Waals surface area contributed by atoms with Crippen LogP contribution in [0.3, 0.4) is 0 Å². The molecule has 0 spiro atoms. The van der Waals surface area contributed by atoms with Gasteiger partial charge < -0.3 is 15.4 Å². The van der Waals surface area contributed by atoms with Crippen molar-refractivity contribution >= 4 is 34.5 Å². The minimum absolute atomic E-state index is 0.0197. The van der Waals surface area contributed by atoms with Gasteiger partial charge in [0.25, 0.3) is 5.91 Å². The number of urea groups is 1. The average molecular weight is 487 g/mol. The second-order valence-corrected chi connectivity index (χ2v) is 9.11. The number of methoxy groups -OCH3 is 1. The van der Waals surface area contributed by atoms with Gasteiger partial charge >= 0.3 is 12.0 Å². The Hall–Kier alpha value is -4.20. The summed E-state index contributed by atoms with van der Waals surface area (Å²) in [6.07, 6.45) is 1.38. The molecule has 36 heavy (non-hydrogen) atoms. The topological polar surface area (TPSA) is 117 Å². The molecule has 0 aromatic heterocycles. The van der Waals surface area contributed by atoms with E-state index in [-0.39, 0.29) is 36.7 Å². The number of esters is 1. The zero-order valence-electron chi connectivity index (χ0n) is 20.5. The van der Waals surface area contributed by atoms with Crippen LogP contribution in [0.5, 0.6) is 0 Å². The van der Waals surface area contributed by atoms with Gasteiger partial charge in [0, 0.05) is 18.5 Å². The number of fused-ring (bicyclic) bond motifs is 1. The van der Waals surface area contributed by atoms with E-state index in [0.29, 0.717) is 24.9 Å². The Morgan fingerprint density at radius 1 is 1.00 bits per heavy atom. The monoisotopic (exact) mass is 486 g/mol. The van der Waals surface area contributed by atoms with Crippen LogP contribution in [0.25, 0.3) is 10.8 Å². The summed E-state index contributed by atoms with van der Waals surface area (Å²) in [6.45, 7) is 2.24. The van der Waals surface area contributed by atoms with Gasteiger partial charge in [-0.1, -0.05) is 54.6 Å². The Bertz CT molecular complexity index is 1320. The molecule has 4 rings (SSSR count). The molecule has 1 fully saturated rings. The van der Waals surface area contributed by atoms with E-state index < -0.39 is 5.54 Å². The van der Waals surface area contributed by atoms with Crippen molar-refractivity contribution in [3.05, 3.63) is 83.4 Å². The summed E-state index contributed by atoms with van der Waals surface area (Å²) in [6, 6.07) is 20.2. The van der Waals surface area contributed by atoms with E-state index in [4.69, 9.17) is 15.9 Å². The number of hydrogen-bond acceptors (Lipinski definition) is 5. The third kappa shape index (κ3) is 4.66. The number of nitrogen functional groups attached to an aromatic ring is 1. The number of carbonyl (C=O) groups is 3. The van der Waals surface area contributed by atoms with Crippen LogP contribution in [0.2, 0.25) is 0 Å². The summed E-state index contributed by atoms with van der Waals surface area (Å²) in [5, 5.41) is 9.55. The molecule has 0 saturated carbocycles. The summed E-state index contributed by atoms with van der Waals surface area (Å²) < 4.78 is 4.70. The van der Waals surface area contributed by atoms with Crippen molar-refractivity contribution in [2.24, 2.45) is 5.73 Å². The minimum atomic E-state index is -1.15. The molecule has 8 heteroatoms. The maximum atomic E-state index is 13.8. The van der Waals surface area contributed by atoms with Gasteiger partial charge in [-0.05, 0) is 53.8 Å². The normalized spacial score (nSPS) is 17.6. The Balaban J connectivity index is 1.62. The summed E-state index contributed by atoms with van der Waals surface area (Å²) in [5.74, 6) is -0.603. The predicted molar refractivity (Wildman–Crippen MR) is 137 cm³/mol. The first kappa shape index (κ1) is 24.9. The lowest BCUT2D eigenvalue weighted by Gasteiger charge is -2.32. The fourth-order valence-corrected chi connectivity index (χ4v) is 4.69. The highest BCUT2D eigenvalue weighted by Gasteiger charge is 2.54. The van der Waals surface area contributed by atoms with Crippen molar-refractivity contribution in [1.29, 1.82) is 5.41 Å². The van der Waals surface area contributed by atoms with E-state index in [0.717, 1.165) is 21.9 Å². The molecule has 0 radical (unpaired) electrons. The number of amides is 3. The van der Waals surface area contributed by atoms with Crippen LogP contribution in [0.1, 0.15) is 42.9 Å². The van der Waals surface area contributed by atoms with E-state index in [1.54, 1.807) is 17.9 Å². The van der Waals surface area contributed by atoms with Crippen molar-refractivity contribution in [1.82, 2.24) is 9.80 Å². The predicted octanol–water partition coefficient (Wildman–Crippen LogP) is 4.15. The molecule has 1 aliphatic heterocycles. The number of nitrogens with zero attached hydrogens (tertiary/aromatic N) is 2. The van der Waals surface area contributed by atoms with Gasteiger partial charge in [-0.3, -0.25) is 19.9 Å². The summed E-state index contributed by atoms with van der Waals surface area (Å²) in [4.78, 5) is 41.8. The molecule has 0 aliphatic carbocycles.